The molecule has 0 aliphatic carbocycles. The van der Waals surface area contributed by atoms with Crippen molar-refractivity contribution in [2.24, 2.45) is 91.0 Å². The molecular weight excluding hydrogens is 1580 g/mol. The van der Waals surface area contributed by atoms with Crippen LogP contribution in [-0.4, -0.2) is 215 Å². The molecule has 0 saturated carbocycles. The van der Waals surface area contributed by atoms with Gasteiger partial charge in [0.25, 0.3) is 0 Å². The maximum atomic E-state index is 13.9. The fourth-order valence-electron chi connectivity index (χ4n) is 13.2. The van der Waals surface area contributed by atoms with Crippen LogP contribution in [-0.2, 0) is 112 Å². The third-order valence-corrected chi connectivity index (χ3v) is 19.6. The second-order valence-corrected chi connectivity index (χ2v) is 31.3. The number of aliphatic carboxylic acids is 1. The molecular formula is C78H121N29O15. The number of fused-ring (bicyclic) bond motifs is 4. The molecule has 668 valence electrons. The second-order valence-electron chi connectivity index (χ2n) is 31.3. The number of nitrogens with zero attached hydrogens (tertiary/aromatic N) is 8. The third-order valence-electron chi connectivity index (χ3n) is 19.6. The van der Waals surface area contributed by atoms with Gasteiger partial charge in [0.15, 0.2) is 23.5 Å². The van der Waals surface area contributed by atoms with Crippen molar-refractivity contribution in [1.82, 2.24) is 77.8 Å². The number of nitrogens with one attached hydrogen (secondary N) is 11. The van der Waals surface area contributed by atoms with Crippen LogP contribution in [0.5, 0.6) is 0 Å². The van der Waals surface area contributed by atoms with Gasteiger partial charge in [-0.15, -0.1) is 10.2 Å². The number of benzene rings is 2. The highest BCUT2D eigenvalue weighted by Gasteiger charge is 2.36. The molecule has 0 fully saturated rings. The summed E-state index contributed by atoms with van der Waals surface area (Å²) in [4.78, 5) is 194. The smallest absolute Gasteiger partial charge is 0.304 e. The molecule has 2 aliphatic heterocycles. The summed E-state index contributed by atoms with van der Waals surface area (Å²) >= 11 is 0. The Hall–Kier alpha value is -12.9. The van der Waals surface area contributed by atoms with Crippen molar-refractivity contribution in [3.63, 3.8) is 0 Å². The molecule has 6 rings (SSSR count). The fraction of sp³-hybridized carbons (Fsp3) is 0.564. The Morgan fingerprint density at radius 1 is 0.484 bits per heavy atom. The van der Waals surface area contributed by atoms with Crippen LogP contribution in [0.3, 0.4) is 0 Å². The highest BCUT2D eigenvalue weighted by Crippen LogP contribution is 2.21. The molecule has 0 spiro atoms. The van der Waals surface area contributed by atoms with Crippen molar-refractivity contribution < 1.29 is 72.2 Å². The zero-order valence-corrected chi connectivity index (χ0v) is 69.4. The van der Waals surface area contributed by atoms with E-state index in [-0.39, 0.29) is 132 Å². The molecule has 44 nitrogen and oxygen atoms in total. The van der Waals surface area contributed by atoms with Gasteiger partial charge in [-0.2, -0.15) is 0 Å². The maximum Gasteiger partial charge on any atom is 0.304 e. The number of primary amides is 2. The first kappa shape index (κ1) is 99.7. The summed E-state index contributed by atoms with van der Waals surface area (Å²) in [5.41, 5.74) is 60.0. The summed E-state index contributed by atoms with van der Waals surface area (Å²) in [5.74, 6) is -13.7. The quantitative estimate of drug-likeness (QED) is 0.0178. The van der Waals surface area contributed by atoms with E-state index in [0.29, 0.717) is 85.4 Å². The van der Waals surface area contributed by atoms with E-state index in [1.165, 1.54) is 4.68 Å². The number of amides is 11. The highest BCUT2D eigenvalue weighted by molar-refractivity contribution is 5.99. The number of ketones is 2. The number of amidine groups is 2. The Bertz CT molecular complexity index is 4310. The average molecular weight is 1710 g/mol. The van der Waals surface area contributed by atoms with Crippen molar-refractivity contribution in [2.75, 3.05) is 19.6 Å². The third kappa shape index (κ3) is 37.6. The van der Waals surface area contributed by atoms with Crippen LogP contribution in [0, 0.1) is 34.5 Å². The minimum absolute atomic E-state index is 0.0274. The monoisotopic (exact) mass is 1700 g/mol. The standard InChI is InChI=1S/C42H64N14O9.C36H57N15O6/c1-23(2)15-32-41(64)51-31(8-3-4-9-34(44)45)40(63)49-21-28(57)18-26(19-36(58)59)38(61)52-33(16-24-10-12-25(13-11-24)17-35(46)47)42(65)50-30(37(48)60)7-5-6-14-56-22-27(54-55-56)20-29(43)39(62)53-32;1-20(2)14-29-34(57)47-28(7-5-12-43-35(39)40)33(56)44-18-25(52)16-22(15-21-8-10-23(11-9-21)45-36(41)42)31(54)46-27(30(38)53)6-3-4-13-51-19-24(49-50-51)17-26(37)32(55)48-29/h10-13,22-23,26,29-33H,3-9,14-21,43H2,1-2H3,(H3,44,45)(H3,46,47)(H2,48,60)(H,49,63)(H,50,65)(H,51,64)(H,52,61)(H,53,62)(H,58,59);8-11,19-20,22,26-29H,3-7,12-18,37H2,1-2H3,(H2,38,53)(H,44,56)(H,46,54)(H,47,57)(H,48,55)(H4,39,40,43)(H4,41,42,45)/t26-,29-,30-,31-,32-,33-;22-,26+,27-,28?,29+/m11/s1. The average Bonchev–Trinajstić information content (AvgIpc) is 1.18. The van der Waals surface area contributed by atoms with E-state index < -0.39 is 175 Å². The predicted molar refractivity (Wildman–Crippen MR) is 448 cm³/mol. The van der Waals surface area contributed by atoms with E-state index in [2.05, 4.69) is 78.5 Å². The molecule has 0 radical (unpaired) electrons. The Balaban J connectivity index is 0.000000437. The van der Waals surface area contributed by atoms with Crippen molar-refractivity contribution in [3.05, 3.63) is 89.0 Å². The van der Waals surface area contributed by atoms with Gasteiger partial charge in [0.1, 0.15) is 42.3 Å². The van der Waals surface area contributed by atoms with Crippen LogP contribution in [0.1, 0.15) is 165 Å². The van der Waals surface area contributed by atoms with E-state index in [4.69, 9.17) is 68.2 Å². The van der Waals surface area contributed by atoms with Crippen molar-refractivity contribution >= 4 is 112 Å². The number of carbonyl (C=O) groups is 14. The van der Waals surface area contributed by atoms with Crippen LogP contribution < -0.4 is 105 Å². The van der Waals surface area contributed by atoms with Gasteiger partial charge in [-0.05, 0) is 124 Å². The Morgan fingerprint density at radius 2 is 0.910 bits per heavy atom. The SMILES string of the molecule is CC(C)C[C@@H]1NC(=O)[C@@H](N)Cc2cn(nn2)CCCC[C@H](C(N)=O)NC(=O)[C@H](Cc2ccc(N=C(N)N)cc2)CC(=O)CNC(=O)C(CCCN=C(N)N)NC1=O.CC(C)C[C@H]1NC(=O)[C@H](N)Cc2cn(nn2)CCCC[C@H](C(N)=O)NC(=O)[C@@H](Cc2ccc(CC(=N)N)cc2)NC(=O)[C@@H](CC(=O)O)CC(=O)CNC(=O)[C@@H](CCCCC(=N)N)NC1=O. The number of hydrogen-bond acceptors (Lipinski definition) is 24. The molecule has 32 N–H and O–H groups in total. The van der Waals surface area contributed by atoms with Gasteiger partial charge in [-0.1, -0.05) is 80.9 Å². The first-order valence-electron chi connectivity index (χ1n) is 40.5. The zero-order chi connectivity index (χ0) is 90.3. The summed E-state index contributed by atoms with van der Waals surface area (Å²) in [6.07, 6.45) is 5.51. The largest absolute Gasteiger partial charge is 0.481 e. The number of aromatic nitrogens is 6. The van der Waals surface area contributed by atoms with Crippen LogP contribution in [0.4, 0.5) is 5.69 Å². The van der Waals surface area contributed by atoms with Gasteiger partial charge in [0.05, 0.1) is 66.3 Å². The van der Waals surface area contributed by atoms with Crippen molar-refractivity contribution in [3.8, 4) is 0 Å². The summed E-state index contributed by atoms with van der Waals surface area (Å²) in [7, 11) is 0. The Labute approximate surface area is 705 Å². The summed E-state index contributed by atoms with van der Waals surface area (Å²) in [5, 5.41) is 64.9. The van der Waals surface area contributed by atoms with Gasteiger partial charge >= 0.3 is 5.97 Å². The highest BCUT2D eigenvalue weighted by atomic mass is 16.4. The number of carbonyl (C=O) groups excluding carboxylic acids is 13. The van der Waals surface area contributed by atoms with Crippen molar-refractivity contribution in [2.45, 2.75) is 236 Å². The van der Waals surface area contributed by atoms with Gasteiger partial charge in [0, 0.05) is 82.9 Å². The molecule has 2 aromatic heterocycles. The zero-order valence-electron chi connectivity index (χ0n) is 69.4. The summed E-state index contributed by atoms with van der Waals surface area (Å²) < 4.78 is 3.09. The normalized spacial score (nSPS) is 22.5. The lowest BCUT2D eigenvalue weighted by atomic mass is 9.92. The maximum absolute atomic E-state index is 13.9. The molecule has 2 aromatic carbocycles. The number of Topliss-reactive ketones (excluding diaryl/α,β-unsaturated/α-hetero) is 2. The number of rotatable bonds is 24. The van der Waals surface area contributed by atoms with E-state index in [1.54, 1.807) is 65.6 Å². The summed E-state index contributed by atoms with van der Waals surface area (Å²) in [6.45, 7) is 7.18. The van der Waals surface area contributed by atoms with Gasteiger partial charge in [0.2, 0.25) is 65.0 Å². The number of hydrogen-bond donors (Lipinski definition) is 22. The molecule has 4 bridgehead atoms. The molecule has 0 saturated heterocycles. The van der Waals surface area contributed by atoms with E-state index in [0.717, 1.165) is 0 Å². The predicted octanol–water partition coefficient (Wildman–Crippen LogP) is -4.60. The number of carboxylic acids is 1. The molecule has 2 aliphatic rings. The van der Waals surface area contributed by atoms with E-state index >= 15 is 0 Å². The molecule has 4 aromatic rings. The Morgan fingerprint density at radius 3 is 1.36 bits per heavy atom. The minimum atomic E-state index is -1.51. The topological polar surface area (TPSA) is 762 Å². The molecule has 11 atom stereocenters. The van der Waals surface area contributed by atoms with E-state index in [9.17, 15) is 72.2 Å². The van der Waals surface area contributed by atoms with Gasteiger partial charge < -0.3 is 110 Å². The first-order valence-corrected chi connectivity index (χ1v) is 40.5. The van der Waals surface area contributed by atoms with Crippen LogP contribution in [0.15, 0.2) is 70.9 Å². The number of aliphatic imine (C=N–C) groups is 2. The first-order chi connectivity index (χ1) is 57.7. The molecule has 4 heterocycles. The minimum Gasteiger partial charge on any atom is -0.481 e. The fourth-order valence-corrected chi connectivity index (χ4v) is 13.2. The number of carboxylic acid groups (broad SMARTS) is 1. The molecule has 1 unspecified atom stereocenters. The molecule has 44 heteroatoms. The number of nitrogens with two attached hydrogens (primary N) is 10. The Kier molecular flexibility index (Phi) is 41.6. The van der Waals surface area contributed by atoms with Crippen LogP contribution in [0.25, 0.3) is 0 Å². The lowest BCUT2D eigenvalue weighted by Gasteiger charge is -2.25. The lowest BCUT2D eigenvalue weighted by molar-refractivity contribution is -0.142. The van der Waals surface area contributed by atoms with Gasteiger partial charge in [-0.25, -0.2) is 4.99 Å². The van der Waals surface area contributed by atoms with Crippen LogP contribution >= 0.6 is 0 Å². The number of guanidine groups is 2. The van der Waals surface area contributed by atoms with E-state index in [1.807, 2.05) is 27.7 Å². The molecule has 122 heavy (non-hydrogen) atoms. The number of unbranched alkanes of at least 4 members (excludes halogenated alkanes) is 1. The second kappa shape index (κ2) is 50.9. The summed E-state index contributed by atoms with van der Waals surface area (Å²) in [6, 6.07) is 3.04. The lowest BCUT2D eigenvalue weighted by Crippen LogP contribution is -2.56. The molecule has 11 amide bonds. The number of aryl methyl sites for hydroxylation is 2. The van der Waals surface area contributed by atoms with Crippen LogP contribution in [0.2, 0.25) is 0 Å². The van der Waals surface area contributed by atoms with Crippen molar-refractivity contribution in [1.29, 1.82) is 10.8 Å². The van der Waals surface area contributed by atoms with Gasteiger partial charge in [-0.3, -0.25) is 92.3 Å².